The van der Waals surface area contributed by atoms with E-state index >= 15 is 0 Å². The zero-order chi connectivity index (χ0) is 10.1. The molecule has 0 bridgehead atoms. The number of rotatable bonds is 0. The minimum atomic E-state index is 0.608. The molecule has 0 aliphatic rings. The Balaban J connectivity index is 2.90. The number of fused-ring (bicyclic) bond motifs is 1. The van der Waals surface area contributed by atoms with Gasteiger partial charge in [-0.25, -0.2) is 0 Å². The zero-order valence-electron chi connectivity index (χ0n) is 6.91. The summed E-state index contributed by atoms with van der Waals surface area (Å²) in [7, 11) is 0. The van der Waals surface area contributed by atoms with E-state index in [1.165, 1.54) is 0 Å². The molecule has 0 spiro atoms. The van der Waals surface area contributed by atoms with Crippen molar-refractivity contribution in [2.75, 3.05) is 0 Å². The van der Waals surface area contributed by atoms with Crippen LogP contribution in [0.15, 0.2) is 17.5 Å². The highest BCUT2D eigenvalue weighted by atomic mass is 127. The van der Waals surface area contributed by atoms with Gasteiger partial charge in [-0.05, 0) is 34.7 Å². The Bertz CT molecular complexity index is 586. The first-order chi connectivity index (χ1) is 6.76. The van der Waals surface area contributed by atoms with Gasteiger partial charge in [-0.2, -0.15) is 10.5 Å². The fourth-order valence-electron chi connectivity index (χ4n) is 1.25. The molecule has 4 heteroatoms. The summed E-state index contributed by atoms with van der Waals surface area (Å²) in [4.78, 5) is 0. The van der Waals surface area contributed by atoms with E-state index in [0.717, 1.165) is 13.7 Å². The number of benzene rings is 1. The highest BCUT2D eigenvalue weighted by molar-refractivity contribution is 14.1. The second-order valence-corrected chi connectivity index (χ2v) is 4.75. The number of nitrogens with zero attached hydrogens (tertiary/aromatic N) is 2. The van der Waals surface area contributed by atoms with Crippen LogP contribution in [0, 0.1) is 26.2 Å². The fourth-order valence-corrected chi connectivity index (χ4v) is 3.14. The lowest BCUT2D eigenvalue weighted by atomic mass is 10.1. The van der Waals surface area contributed by atoms with Crippen molar-refractivity contribution in [2.24, 2.45) is 0 Å². The maximum atomic E-state index is 8.85. The lowest BCUT2D eigenvalue weighted by Gasteiger charge is -1.95. The third-order valence-corrected chi connectivity index (χ3v) is 4.12. The van der Waals surface area contributed by atoms with E-state index in [0.29, 0.717) is 11.1 Å². The summed E-state index contributed by atoms with van der Waals surface area (Å²) < 4.78 is 2.12. The highest BCUT2D eigenvalue weighted by Gasteiger charge is 2.07. The fraction of sp³-hybridized carbons (Fsp3) is 0. The molecular formula is C10H3IN2S. The SMILES string of the molecule is N#Cc1cc(I)c2scc(C#N)c2c1. The molecule has 2 rings (SSSR count). The Hall–Kier alpha value is -1.11. The first-order valence-corrected chi connectivity index (χ1v) is 5.73. The molecule has 0 saturated heterocycles. The second kappa shape index (κ2) is 3.56. The molecule has 14 heavy (non-hydrogen) atoms. The van der Waals surface area contributed by atoms with Crippen LogP contribution < -0.4 is 0 Å². The summed E-state index contributed by atoms with van der Waals surface area (Å²) in [6, 6.07) is 7.82. The van der Waals surface area contributed by atoms with Gasteiger partial charge in [0.15, 0.2) is 0 Å². The molecule has 1 heterocycles. The van der Waals surface area contributed by atoms with Crippen LogP contribution in [0.4, 0.5) is 0 Å². The molecule has 0 fully saturated rings. The van der Waals surface area contributed by atoms with Gasteiger partial charge in [0.1, 0.15) is 6.07 Å². The molecule has 0 atom stereocenters. The molecule has 0 aliphatic heterocycles. The third-order valence-electron chi connectivity index (χ3n) is 1.88. The lowest BCUT2D eigenvalue weighted by Crippen LogP contribution is -1.79. The molecule has 0 N–H and O–H groups in total. The summed E-state index contributed by atoms with van der Waals surface area (Å²) >= 11 is 3.73. The van der Waals surface area contributed by atoms with Gasteiger partial charge in [0.25, 0.3) is 0 Å². The van der Waals surface area contributed by atoms with Crippen LogP contribution in [0.2, 0.25) is 0 Å². The van der Waals surface area contributed by atoms with E-state index < -0.39 is 0 Å². The molecule has 2 nitrogen and oxygen atoms in total. The molecule has 1 aromatic heterocycles. The van der Waals surface area contributed by atoms with Gasteiger partial charge in [-0.3, -0.25) is 0 Å². The van der Waals surface area contributed by atoms with Crippen molar-refractivity contribution in [2.45, 2.75) is 0 Å². The average molecular weight is 310 g/mol. The summed E-state index contributed by atoms with van der Waals surface area (Å²) in [5.74, 6) is 0. The van der Waals surface area contributed by atoms with Gasteiger partial charge in [-0.15, -0.1) is 11.3 Å². The van der Waals surface area contributed by atoms with Gasteiger partial charge in [0, 0.05) is 19.0 Å². The zero-order valence-corrected chi connectivity index (χ0v) is 9.89. The van der Waals surface area contributed by atoms with Gasteiger partial charge >= 0.3 is 0 Å². The third kappa shape index (κ3) is 1.37. The summed E-state index contributed by atoms with van der Waals surface area (Å²) in [6.07, 6.45) is 0. The molecule has 0 amide bonds. The Morgan fingerprint density at radius 1 is 1.21 bits per heavy atom. The monoisotopic (exact) mass is 310 g/mol. The Morgan fingerprint density at radius 3 is 2.64 bits per heavy atom. The maximum absolute atomic E-state index is 8.85. The van der Waals surface area contributed by atoms with Crippen LogP contribution in [0.1, 0.15) is 11.1 Å². The Kier molecular flexibility index (Phi) is 2.40. The van der Waals surface area contributed by atoms with Crippen LogP contribution in [0.25, 0.3) is 10.1 Å². The van der Waals surface area contributed by atoms with E-state index in [2.05, 4.69) is 34.7 Å². The van der Waals surface area contributed by atoms with Crippen LogP contribution in [0.5, 0.6) is 0 Å². The van der Waals surface area contributed by atoms with Crippen molar-refractivity contribution in [3.05, 3.63) is 32.2 Å². The summed E-state index contributed by atoms with van der Waals surface area (Å²) in [5, 5.41) is 20.4. The Labute approximate surface area is 98.5 Å². The standard InChI is InChI=1S/C10H3IN2S/c11-9-2-6(3-12)1-8-7(4-13)5-14-10(8)9/h1-2,5H. The second-order valence-electron chi connectivity index (χ2n) is 2.71. The first kappa shape index (κ1) is 9.45. The normalized spacial score (nSPS) is 9.64. The molecule has 0 unspecified atom stereocenters. The van der Waals surface area contributed by atoms with E-state index in [1.54, 1.807) is 17.4 Å². The molecule has 2 aromatic rings. The van der Waals surface area contributed by atoms with Crippen molar-refractivity contribution in [1.82, 2.24) is 0 Å². The largest absolute Gasteiger partial charge is 0.192 e. The summed E-state index contributed by atoms with van der Waals surface area (Å²) in [5.41, 5.74) is 1.26. The smallest absolute Gasteiger partial charge is 0.101 e. The van der Waals surface area contributed by atoms with Crippen molar-refractivity contribution < 1.29 is 0 Å². The highest BCUT2D eigenvalue weighted by Crippen LogP contribution is 2.30. The van der Waals surface area contributed by atoms with Crippen LogP contribution in [-0.4, -0.2) is 0 Å². The first-order valence-electron chi connectivity index (χ1n) is 3.77. The predicted octanol–water partition coefficient (Wildman–Crippen LogP) is 3.25. The number of nitriles is 2. The maximum Gasteiger partial charge on any atom is 0.101 e. The van der Waals surface area contributed by atoms with Crippen molar-refractivity contribution in [3.8, 4) is 12.1 Å². The quantitative estimate of drug-likeness (QED) is 0.701. The summed E-state index contributed by atoms with van der Waals surface area (Å²) in [6.45, 7) is 0. The molecule has 0 radical (unpaired) electrons. The van der Waals surface area contributed by atoms with E-state index in [9.17, 15) is 0 Å². The molecular weight excluding hydrogens is 307 g/mol. The number of halogens is 1. The van der Waals surface area contributed by atoms with Gasteiger partial charge < -0.3 is 0 Å². The van der Waals surface area contributed by atoms with Gasteiger partial charge in [0.2, 0.25) is 0 Å². The molecule has 0 aliphatic carbocycles. The van der Waals surface area contributed by atoms with Crippen molar-refractivity contribution in [1.29, 1.82) is 10.5 Å². The number of hydrogen-bond donors (Lipinski definition) is 0. The van der Waals surface area contributed by atoms with Crippen LogP contribution >= 0.6 is 33.9 Å². The minimum absolute atomic E-state index is 0.608. The molecule has 0 saturated carbocycles. The van der Waals surface area contributed by atoms with Crippen LogP contribution in [0.3, 0.4) is 0 Å². The van der Waals surface area contributed by atoms with Crippen molar-refractivity contribution in [3.63, 3.8) is 0 Å². The Morgan fingerprint density at radius 2 is 2.00 bits per heavy atom. The minimum Gasteiger partial charge on any atom is -0.192 e. The van der Waals surface area contributed by atoms with Gasteiger partial charge in [-0.1, -0.05) is 0 Å². The average Bonchev–Trinajstić information content (AvgIpc) is 2.61. The van der Waals surface area contributed by atoms with Gasteiger partial charge in [0.05, 0.1) is 17.2 Å². The predicted molar refractivity (Wildman–Crippen MR) is 64.0 cm³/mol. The molecule has 1 aromatic carbocycles. The van der Waals surface area contributed by atoms with E-state index in [4.69, 9.17) is 10.5 Å². The number of hydrogen-bond acceptors (Lipinski definition) is 3. The molecule has 66 valence electrons. The van der Waals surface area contributed by atoms with Crippen molar-refractivity contribution >= 4 is 44.0 Å². The topological polar surface area (TPSA) is 47.6 Å². The van der Waals surface area contributed by atoms with Crippen LogP contribution in [-0.2, 0) is 0 Å². The number of thiophene rings is 1. The van der Waals surface area contributed by atoms with E-state index in [-0.39, 0.29) is 0 Å². The lowest BCUT2D eigenvalue weighted by molar-refractivity contribution is 1.49. The van der Waals surface area contributed by atoms with E-state index in [1.807, 2.05) is 11.4 Å².